The van der Waals surface area contributed by atoms with Crippen molar-refractivity contribution in [2.24, 2.45) is 0 Å². The van der Waals surface area contributed by atoms with Gasteiger partial charge in [0.15, 0.2) is 9.84 Å². The zero-order valence-corrected chi connectivity index (χ0v) is 14.7. The highest BCUT2D eigenvalue weighted by Gasteiger charge is 2.28. The Morgan fingerprint density at radius 1 is 1.21 bits per heavy atom. The SMILES string of the molecule is Cc1cccc(CNc2cc(C)nc(NC3CCS(=O)(=O)C3)n2)c1. The van der Waals surface area contributed by atoms with Gasteiger partial charge in [-0.25, -0.2) is 13.4 Å². The average Bonchev–Trinajstić information content (AvgIpc) is 2.83. The molecule has 1 atom stereocenters. The van der Waals surface area contributed by atoms with Gasteiger partial charge in [0.2, 0.25) is 5.95 Å². The lowest BCUT2D eigenvalue weighted by Gasteiger charge is -2.13. The summed E-state index contributed by atoms with van der Waals surface area (Å²) in [6.07, 6.45) is 0.603. The number of aromatic nitrogens is 2. The summed E-state index contributed by atoms with van der Waals surface area (Å²) in [6, 6.07) is 10.1. The van der Waals surface area contributed by atoms with Crippen molar-refractivity contribution in [3.05, 3.63) is 47.2 Å². The van der Waals surface area contributed by atoms with Gasteiger partial charge < -0.3 is 10.6 Å². The molecule has 3 rings (SSSR count). The largest absolute Gasteiger partial charge is 0.366 e. The molecule has 1 aliphatic heterocycles. The van der Waals surface area contributed by atoms with Crippen molar-refractivity contribution in [3.63, 3.8) is 0 Å². The van der Waals surface area contributed by atoms with Gasteiger partial charge in [-0.1, -0.05) is 29.8 Å². The highest BCUT2D eigenvalue weighted by atomic mass is 32.2. The van der Waals surface area contributed by atoms with Gasteiger partial charge in [-0.15, -0.1) is 0 Å². The molecule has 0 bridgehead atoms. The summed E-state index contributed by atoms with van der Waals surface area (Å²) < 4.78 is 23.1. The zero-order valence-electron chi connectivity index (χ0n) is 13.9. The van der Waals surface area contributed by atoms with Crippen molar-refractivity contribution in [1.82, 2.24) is 9.97 Å². The van der Waals surface area contributed by atoms with Crippen LogP contribution in [0.5, 0.6) is 0 Å². The Bertz CT molecular complexity index is 836. The third kappa shape index (κ3) is 4.44. The topological polar surface area (TPSA) is 84.0 Å². The predicted octanol–water partition coefficient (Wildman–Crippen LogP) is 2.30. The molecule has 0 amide bonds. The first kappa shape index (κ1) is 16.7. The molecule has 1 aromatic heterocycles. The zero-order chi connectivity index (χ0) is 17.2. The van der Waals surface area contributed by atoms with Gasteiger partial charge in [-0.3, -0.25) is 0 Å². The quantitative estimate of drug-likeness (QED) is 0.864. The van der Waals surface area contributed by atoms with Crippen LogP contribution in [0, 0.1) is 13.8 Å². The Labute approximate surface area is 142 Å². The predicted molar refractivity (Wildman–Crippen MR) is 96.0 cm³/mol. The van der Waals surface area contributed by atoms with Crippen LogP contribution >= 0.6 is 0 Å². The van der Waals surface area contributed by atoms with Gasteiger partial charge in [0, 0.05) is 24.3 Å². The first-order chi connectivity index (χ1) is 11.4. The van der Waals surface area contributed by atoms with Crippen LogP contribution in [-0.2, 0) is 16.4 Å². The molecular formula is C17H22N4O2S. The Balaban J connectivity index is 1.67. The van der Waals surface area contributed by atoms with Crippen molar-refractivity contribution < 1.29 is 8.42 Å². The summed E-state index contributed by atoms with van der Waals surface area (Å²) in [5.74, 6) is 1.59. The number of benzene rings is 1. The van der Waals surface area contributed by atoms with Gasteiger partial charge >= 0.3 is 0 Å². The standard InChI is InChI=1S/C17H22N4O2S/c1-12-4-3-5-14(8-12)10-18-16-9-13(2)19-17(21-16)20-15-6-7-24(22,23)11-15/h3-5,8-9,15H,6-7,10-11H2,1-2H3,(H2,18,19,20,21). The molecule has 0 aliphatic carbocycles. The second-order valence-corrected chi connectivity index (χ2v) is 8.53. The van der Waals surface area contributed by atoms with E-state index in [1.54, 1.807) is 0 Å². The van der Waals surface area contributed by atoms with E-state index in [1.165, 1.54) is 11.1 Å². The van der Waals surface area contributed by atoms with Crippen LogP contribution in [0.1, 0.15) is 23.2 Å². The van der Waals surface area contributed by atoms with E-state index in [2.05, 4.69) is 45.7 Å². The molecule has 1 fully saturated rings. The number of nitrogens with one attached hydrogen (secondary N) is 2. The molecule has 1 saturated heterocycles. The van der Waals surface area contributed by atoms with E-state index in [1.807, 2.05) is 19.1 Å². The van der Waals surface area contributed by atoms with Crippen molar-refractivity contribution >= 4 is 21.6 Å². The number of aryl methyl sites for hydroxylation is 2. The highest BCUT2D eigenvalue weighted by Crippen LogP contribution is 2.17. The van der Waals surface area contributed by atoms with E-state index in [0.717, 1.165) is 11.5 Å². The van der Waals surface area contributed by atoms with Crippen LogP contribution in [0.15, 0.2) is 30.3 Å². The summed E-state index contributed by atoms with van der Waals surface area (Å²) in [5, 5.41) is 6.44. The molecule has 1 aromatic carbocycles. The second kappa shape index (κ2) is 6.76. The number of hydrogen-bond donors (Lipinski definition) is 2. The lowest BCUT2D eigenvalue weighted by Crippen LogP contribution is -2.22. The molecule has 1 unspecified atom stereocenters. The monoisotopic (exact) mass is 346 g/mol. The maximum Gasteiger partial charge on any atom is 0.225 e. The van der Waals surface area contributed by atoms with Crippen LogP contribution < -0.4 is 10.6 Å². The Kier molecular flexibility index (Phi) is 4.71. The number of sulfone groups is 1. The highest BCUT2D eigenvalue weighted by molar-refractivity contribution is 7.91. The van der Waals surface area contributed by atoms with Gasteiger partial charge in [0.25, 0.3) is 0 Å². The summed E-state index contributed by atoms with van der Waals surface area (Å²) in [5.41, 5.74) is 3.24. The van der Waals surface area contributed by atoms with E-state index in [4.69, 9.17) is 0 Å². The number of anilines is 2. The summed E-state index contributed by atoms with van der Waals surface area (Å²) in [4.78, 5) is 8.81. The summed E-state index contributed by atoms with van der Waals surface area (Å²) in [6.45, 7) is 4.64. The minimum atomic E-state index is -2.92. The van der Waals surface area contributed by atoms with Gasteiger partial charge in [-0.05, 0) is 25.8 Å². The first-order valence-electron chi connectivity index (χ1n) is 8.02. The molecular weight excluding hydrogens is 324 g/mol. The minimum absolute atomic E-state index is 0.110. The fourth-order valence-electron chi connectivity index (χ4n) is 2.83. The Morgan fingerprint density at radius 3 is 2.75 bits per heavy atom. The molecule has 2 aromatic rings. The summed E-state index contributed by atoms with van der Waals surface area (Å²) >= 11 is 0. The molecule has 1 aliphatic rings. The lowest BCUT2D eigenvalue weighted by atomic mass is 10.1. The first-order valence-corrected chi connectivity index (χ1v) is 9.84. The third-order valence-electron chi connectivity index (χ3n) is 3.98. The maximum atomic E-state index is 11.6. The lowest BCUT2D eigenvalue weighted by molar-refractivity contribution is 0.602. The maximum absolute atomic E-state index is 11.6. The van der Waals surface area contributed by atoms with Crippen molar-refractivity contribution in [3.8, 4) is 0 Å². The van der Waals surface area contributed by atoms with E-state index in [-0.39, 0.29) is 17.5 Å². The van der Waals surface area contributed by atoms with Gasteiger partial charge in [-0.2, -0.15) is 4.98 Å². The molecule has 2 heterocycles. The normalized spacial score (nSPS) is 19.2. The molecule has 24 heavy (non-hydrogen) atoms. The molecule has 7 heteroatoms. The molecule has 0 spiro atoms. The molecule has 0 radical (unpaired) electrons. The second-order valence-electron chi connectivity index (χ2n) is 6.31. The molecule has 128 valence electrons. The van der Waals surface area contributed by atoms with E-state index in [0.29, 0.717) is 18.9 Å². The number of hydrogen-bond acceptors (Lipinski definition) is 6. The van der Waals surface area contributed by atoms with E-state index in [9.17, 15) is 8.42 Å². The van der Waals surface area contributed by atoms with Crippen LogP contribution in [0.4, 0.5) is 11.8 Å². The van der Waals surface area contributed by atoms with Crippen LogP contribution in [0.25, 0.3) is 0 Å². The number of nitrogens with zero attached hydrogens (tertiary/aromatic N) is 2. The smallest absolute Gasteiger partial charge is 0.225 e. The van der Waals surface area contributed by atoms with Crippen LogP contribution in [0.2, 0.25) is 0 Å². The van der Waals surface area contributed by atoms with E-state index < -0.39 is 9.84 Å². The van der Waals surface area contributed by atoms with Gasteiger partial charge in [0.1, 0.15) is 5.82 Å². The summed E-state index contributed by atoms with van der Waals surface area (Å²) in [7, 11) is -2.92. The minimum Gasteiger partial charge on any atom is -0.366 e. The molecule has 6 nitrogen and oxygen atoms in total. The fraction of sp³-hybridized carbons (Fsp3) is 0.412. The van der Waals surface area contributed by atoms with Crippen molar-refractivity contribution in [2.45, 2.75) is 32.9 Å². The number of rotatable bonds is 5. The Hall–Kier alpha value is -2.15. The molecule has 2 N–H and O–H groups in total. The van der Waals surface area contributed by atoms with Crippen molar-refractivity contribution in [2.75, 3.05) is 22.1 Å². The van der Waals surface area contributed by atoms with Crippen LogP contribution in [0.3, 0.4) is 0 Å². The molecule has 0 saturated carbocycles. The fourth-order valence-corrected chi connectivity index (χ4v) is 4.50. The van der Waals surface area contributed by atoms with Crippen LogP contribution in [-0.4, -0.2) is 35.9 Å². The van der Waals surface area contributed by atoms with E-state index >= 15 is 0 Å². The average molecular weight is 346 g/mol. The third-order valence-corrected chi connectivity index (χ3v) is 5.74. The van der Waals surface area contributed by atoms with Crippen molar-refractivity contribution in [1.29, 1.82) is 0 Å². The van der Waals surface area contributed by atoms with Gasteiger partial charge in [0.05, 0.1) is 11.5 Å². The Morgan fingerprint density at radius 2 is 2.04 bits per heavy atom.